The van der Waals surface area contributed by atoms with Gasteiger partial charge in [0, 0.05) is 39.7 Å². The average Bonchev–Trinajstić information content (AvgIpc) is 3.76. The van der Waals surface area contributed by atoms with Crippen LogP contribution in [0.2, 0.25) is 0 Å². The number of fused-ring (bicyclic) bond motifs is 2. The van der Waals surface area contributed by atoms with Gasteiger partial charge in [0.05, 0.1) is 11.7 Å². The lowest BCUT2D eigenvalue weighted by atomic mass is 9.90. The van der Waals surface area contributed by atoms with Crippen LogP contribution in [0, 0.1) is 0 Å². The molecule has 7 aromatic rings. The number of carbonyl (C=O) groups excluding carboxylic acids is 2. The number of rotatable bonds is 11. The highest BCUT2D eigenvalue weighted by Gasteiger charge is 2.23. The third-order valence-corrected chi connectivity index (χ3v) is 9.22. The lowest BCUT2D eigenvalue weighted by Crippen LogP contribution is -2.28. The molecule has 9 nitrogen and oxygen atoms in total. The van der Waals surface area contributed by atoms with Crippen molar-refractivity contribution in [2.24, 2.45) is 0 Å². The zero-order valence-electron chi connectivity index (χ0n) is 26.7. The third kappa shape index (κ3) is 7.52. The van der Waals surface area contributed by atoms with Gasteiger partial charge in [0.1, 0.15) is 22.7 Å². The Balaban J connectivity index is 1.11. The highest BCUT2D eigenvalue weighted by atomic mass is 32.2. The number of hydrogen-bond donors (Lipinski definition) is 3. The van der Waals surface area contributed by atoms with E-state index in [1.54, 1.807) is 24.3 Å². The van der Waals surface area contributed by atoms with Crippen molar-refractivity contribution in [1.29, 1.82) is 0 Å². The molecule has 0 radical (unpaired) electrons. The first kappa shape index (κ1) is 32.6. The summed E-state index contributed by atoms with van der Waals surface area (Å²) in [6, 6.07) is 41.6. The van der Waals surface area contributed by atoms with Gasteiger partial charge in [-0.3, -0.25) is 14.1 Å². The molecule has 0 fully saturated rings. The lowest BCUT2D eigenvalue weighted by Gasteiger charge is -2.18. The van der Waals surface area contributed by atoms with Crippen molar-refractivity contribution >= 4 is 49.6 Å². The first-order chi connectivity index (χ1) is 24.2. The molecule has 0 saturated carbocycles. The molecule has 0 aliphatic carbocycles. The van der Waals surface area contributed by atoms with E-state index < -0.39 is 27.7 Å². The number of hydrogen-bond acceptors (Lipinski definition) is 6. The SMILES string of the molecule is O=C(NCCS(=O)(=O)O)c1ccc(CC(C(=O)Nc2ccc(-c3cc4ccccc4o3)cc2)c2ccc(-c3cc4ccccc4o3)cc2)cc1. The van der Waals surface area contributed by atoms with Gasteiger partial charge in [-0.15, -0.1) is 0 Å². The van der Waals surface area contributed by atoms with Gasteiger partial charge in [0.15, 0.2) is 0 Å². The Bertz CT molecular complexity index is 2350. The normalized spacial score (nSPS) is 12.2. The molecule has 0 saturated heterocycles. The number of anilines is 1. The minimum Gasteiger partial charge on any atom is -0.456 e. The number of benzene rings is 5. The molecule has 0 aliphatic heterocycles. The molecule has 10 heteroatoms. The third-order valence-electron chi connectivity index (χ3n) is 8.50. The molecule has 2 amide bonds. The summed E-state index contributed by atoms with van der Waals surface area (Å²) in [6.07, 6.45) is 0.345. The first-order valence-electron chi connectivity index (χ1n) is 16.0. The van der Waals surface area contributed by atoms with E-state index in [2.05, 4.69) is 10.6 Å². The van der Waals surface area contributed by atoms with Gasteiger partial charge < -0.3 is 19.5 Å². The highest BCUT2D eigenvalue weighted by molar-refractivity contribution is 7.85. The molecule has 3 N–H and O–H groups in total. The standard InChI is InChI=1S/C40H32N2O7S/c43-39(41-21-22-50(45,46)47)30-11-9-26(10-12-30)23-34(27-13-15-28(16-14-27)37-24-31-5-1-3-7-35(31)48-37)40(44)42-33-19-17-29(18-20-33)38-25-32-6-2-4-8-36(32)49-38/h1-20,24-25,34H,21-23H2,(H,41,43)(H,42,44)(H,45,46,47). The van der Waals surface area contributed by atoms with Crippen molar-refractivity contribution in [3.05, 3.63) is 150 Å². The Labute approximate surface area is 288 Å². The van der Waals surface area contributed by atoms with Crippen LogP contribution in [0.25, 0.3) is 44.6 Å². The van der Waals surface area contributed by atoms with Crippen LogP contribution < -0.4 is 10.6 Å². The Morgan fingerprint density at radius 1 is 0.680 bits per heavy atom. The highest BCUT2D eigenvalue weighted by Crippen LogP contribution is 2.32. The van der Waals surface area contributed by atoms with Crippen molar-refractivity contribution < 1.29 is 31.4 Å². The molecule has 7 rings (SSSR count). The second kappa shape index (κ2) is 13.9. The van der Waals surface area contributed by atoms with E-state index in [0.717, 1.165) is 55.7 Å². The maximum atomic E-state index is 14.0. The van der Waals surface area contributed by atoms with Gasteiger partial charge in [0.25, 0.3) is 16.0 Å². The zero-order valence-corrected chi connectivity index (χ0v) is 27.5. The van der Waals surface area contributed by atoms with Crippen molar-refractivity contribution in [1.82, 2.24) is 5.32 Å². The van der Waals surface area contributed by atoms with Gasteiger partial charge in [-0.1, -0.05) is 72.8 Å². The second-order valence-corrected chi connectivity index (χ2v) is 13.6. The number of furan rings is 2. The monoisotopic (exact) mass is 684 g/mol. The summed E-state index contributed by atoms with van der Waals surface area (Å²) in [7, 11) is -4.19. The van der Waals surface area contributed by atoms with Gasteiger partial charge in [-0.2, -0.15) is 8.42 Å². The van der Waals surface area contributed by atoms with Crippen LogP contribution in [0.5, 0.6) is 0 Å². The summed E-state index contributed by atoms with van der Waals surface area (Å²) >= 11 is 0. The number of amides is 2. The molecule has 0 spiro atoms. The van der Waals surface area contributed by atoms with Crippen LogP contribution >= 0.6 is 0 Å². The van der Waals surface area contributed by atoms with E-state index in [4.69, 9.17) is 13.4 Å². The summed E-state index contributed by atoms with van der Waals surface area (Å²) in [6.45, 7) is -0.217. The number of nitrogens with one attached hydrogen (secondary N) is 2. The van der Waals surface area contributed by atoms with Crippen LogP contribution in [-0.2, 0) is 21.3 Å². The second-order valence-electron chi connectivity index (χ2n) is 12.0. The Kier molecular flexibility index (Phi) is 9.04. The first-order valence-corrected chi connectivity index (χ1v) is 17.6. The topological polar surface area (TPSA) is 139 Å². The van der Waals surface area contributed by atoms with Crippen molar-refractivity contribution in [3.8, 4) is 22.6 Å². The maximum absolute atomic E-state index is 14.0. The Morgan fingerprint density at radius 3 is 1.76 bits per heavy atom. The quantitative estimate of drug-likeness (QED) is 0.117. The van der Waals surface area contributed by atoms with Crippen LogP contribution in [0.1, 0.15) is 27.4 Å². The van der Waals surface area contributed by atoms with Crippen LogP contribution in [0.15, 0.2) is 142 Å². The Hall–Kier alpha value is -5.97. The van der Waals surface area contributed by atoms with Gasteiger partial charge >= 0.3 is 0 Å². The number of carbonyl (C=O) groups is 2. The van der Waals surface area contributed by atoms with E-state index in [-0.39, 0.29) is 12.5 Å². The molecule has 50 heavy (non-hydrogen) atoms. The van der Waals surface area contributed by atoms with Crippen LogP contribution in [0.4, 0.5) is 5.69 Å². The lowest BCUT2D eigenvalue weighted by molar-refractivity contribution is -0.117. The predicted molar refractivity (Wildman–Crippen MR) is 194 cm³/mol. The molecule has 1 atom stereocenters. The Morgan fingerprint density at radius 2 is 1.22 bits per heavy atom. The molecule has 2 heterocycles. The summed E-state index contributed by atoms with van der Waals surface area (Å²) < 4.78 is 42.9. The van der Waals surface area contributed by atoms with E-state index in [9.17, 15) is 18.0 Å². The van der Waals surface area contributed by atoms with E-state index in [1.807, 2.05) is 109 Å². The summed E-state index contributed by atoms with van der Waals surface area (Å²) in [5.41, 5.74) is 5.95. The molecule has 2 aromatic heterocycles. The summed E-state index contributed by atoms with van der Waals surface area (Å²) in [4.78, 5) is 26.5. The van der Waals surface area contributed by atoms with Gasteiger partial charge in [-0.05, 0) is 78.2 Å². The molecule has 0 bridgehead atoms. The fraction of sp³-hybridized carbons (Fsp3) is 0.100. The summed E-state index contributed by atoms with van der Waals surface area (Å²) in [5, 5.41) is 7.57. The molecular formula is C40H32N2O7S. The fourth-order valence-electron chi connectivity index (χ4n) is 5.86. The average molecular weight is 685 g/mol. The minimum atomic E-state index is -4.19. The van der Waals surface area contributed by atoms with Crippen LogP contribution in [0.3, 0.4) is 0 Å². The molecule has 1 unspecified atom stereocenters. The molecule has 5 aromatic carbocycles. The minimum absolute atomic E-state index is 0.204. The van der Waals surface area contributed by atoms with Crippen molar-refractivity contribution in [2.45, 2.75) is 12.3 Å². The largest absolute Gasteiger partial charge is 0.456 e. The fourth-order valence-corrected chi connectivity index (χ4v) is 6.22. The predicted octanol–water partition coefficient (Wildman–Crippen LogP) is 8.10. The maximum Gasteiger partial charge on any atom is 0.266 e. The van der Waals surface area contributed by atoms with Gasteiger partial charge in [-0.25, -0.2) is 0 Å². The molecular weight excluding hydrogens is 653 g/mol. The molecule has 250 valence electrons. The molecule has 0 aliphatic rings. The smallest absolute Gasteiger partial charge is 0.266 e. The van der Waals surface area contributed by atoms with Crippen LogP contribution in [-0.4, -0.2) is 37.1 Å². The summed E-state index contributed by atoms with van der Waals surface area (Å²) in [5.74, 6) is -0.363. The van der Waals surface area contributed by atoms with E-state index >= 15 is 0 Å². The van der Waals surface area contributed by atoms with Crippen molar-refractivity contribution in [2.75, 3.05) is 17.6 Å². The zero-order chi connectivity index (χ0) is 34.7. The van der Waals surface area contributed by atoms with Crippen molar-refractivity contribution in [3.63, 3.8) is 0 Å². The van der Waals surface area contributed by atoms with Gasteiger partial charge in [0.2, 0.25) is 5.91 Å². The van der Waals surface area contributed by atoms with E-state index in [0.29, 0.717) is 17.7 Å². The number of para-hydroxylation sites is 2. The van der Waals surface area contributed by atoms with E-state index in [1.165, 1.54) is 0 Å².